The number of nitrogens with one attached hydrogen (secondary N) is 1. The van der Waals surface area contributed by atoms with Crippen LogP contribution in [0, 0.1) is 6.92 Å². The molecule has 0 fully saturated rings. The van der Waals surface area contributed by atoms with E-state index in [-0.39, 0.29) is 6.04 Å². The zero-order valence-electron chi connectivity index (χ0n) is 13.6. The van der Waals surface area contributed by atoms with Gasteiger partial charge in [-0.3, -0.25) is 4.40 Å². The van der Waals surface area contributed by atoms with Crippen molar-refractivity contribution in [3.63, 3.8) is 0 Å². The number of aromatic nitrogens is 2. The van der Waals surface area contributed by atoms with Gasteiger partial charge in [0.05, 0.1) is 11.4 Å². The highest BCUT2D eigenvalue weighted by atomic mass is 32.1. The summed E-state index contributed by atoms with van der Waals surface area (Å²) in [6.07, 6.45) is 2.10. The smallest absolute Gasteiger partial charge is 0.194 e. The Morgan fingerprint density at radius 3 is 2.59 bits per heavy atom. The maximum Gasteiger partial charge on any atom is 0.194 e. The number of hydrogen-bond donors (Lipinski definition) is 1. The molecular weight excluding hydrogens is 290 g/mol. The van der Waals surface area contributed by atoms with Gasteiger partial charge in [-0.1, -0.05) is 38.1 Å². The minimum Gasteiger partial charge on any atom is -0.305 e. The number of thiazole rings is 1. The van der Waals surface area contributed by atoms with E-state index in [4.69, 9.17) is 0 Å². The van der Waals surface area contributed by atoms with E-state index >= 15 is 0 Å². The Balaban J connectivity index is 1.70. The van der Waals surface area contributed by atoms with Gasteiger partial charge in [0.25, 0.3) is 0 Å². The molecule has 0 aliphatic rings. The molecule has 2 aromatic heterocycles. The van der Waals surface area contributed by atoms with Crippen molar-refractivity contribution in [3.05, 3.63) is 58.4 Å². The molecule has 1 N–H and O–H groups in total. The molecule has 3 nitrogen and oxygen atoms in total. The fourth-order valence-corrected chi connectivity index (χ4v) is 3.59. The molecule has 1 unspecified atom stereocenters. The number of hydrogen-bond acceptors (Lipinski definition) is 3. The second kappa shape index (κ2) is 6.23. The van der Waals surface area contributed by atoms with Crippen molar-refractivity contribution >= 4 is 16.3 Å². The molecule has 0 saturated heterocycles. The highest BCUT2D eigenvalue weighted by molar-refractivity contribution is 7.15. The first-order valence-corrected chi connectivity index (χ1v) is 8.68. The Labute approximate surface area is 136 Å². The second-order valence-electron chi connectivity index (χ2n) is 6.14. The molecule has 1 aromatic carbocycles. The fourth-order valence-electron chi connectivity index (χ4n) is 2.82. The highest BCUT2D eigenvalue weighted by Gasteiger charge is 2.15. The van der Waals surface area contributed by atoms with Gasteiger partial charge in [-0.25, -0.2) is 4.98 Å². The van der Waals surface area contributed by atoms with Gasteiger partial charge in [-0.05, 0) is 30.9 Å². The van der Waals surface area contributed by atoms with E-state index in [9.17, 15) is 0 Å². The third-order valence-corrected chi connectivity index (χ3v) is 4.91. The van der Waals surface area contributed by atoms with Crippen LogP contribution in [-0.4, -0.2) is 9.38 Å². The van der Waals surface area contributed by atoms with Crippen molar-refractivity contribution in [2.24, 2.45) is 0 Å². The van der Waals surface area contributed by atoms with Gasteiger partial charge in [-0.15, -0.1) is 11.3 Å². The van der Waals surface area contributed by atoms with Crippen LogP contribution in [0.1, 0.15) is 55.2 Å². The van der Waals surface area contributed by atoms with Gasteiger partial charge in [0.15, 0.2) is 4.96 Å². The van der Waals surface area contributed by atoms with Crippen LogP contribution in [0.25, 0.3) is 4.96 Å². The van der Waals surface area contributed by atoms with Crippen LogP contribution in [0.15, 0.2) is 35.8 Å². The molecular formula is C18H23N3S. The summed E-state index contributed by atoms with van der Waals surface area (Å²) in [6, 6.07) is 9.17. The molecule has 116 valence electrons. The number of nitrogens with zero attached hydrogens (tertiary/aromatic N) is 2. The van der Waals surface area contributed by atoms with Crippen LogP contribution in [0.2, 0.25) is 0 Å². The molecule has 1 atom stereocenters. The summed E-state index contributed by atoms with van der Waals surface area (Å²) in [4.78, 5) is 5.69. The van der Waals surface area contributed by atoms with Gasteiger partial charge in [0, 0.05) is 24.2 Å². The molecule has 0 amide bonds. The standard InChI is InChI=1S/C18H23N3S/c1-12(2)16-7-5-15(6-8-16)11-19-13(3)17-14(4)20-18-21(17)9-10-22-18/h5-10,12-13,19H,11H2,1-4H3. The van der Waals surface area contributed by atoms with Crippen molar-refractivity contribution in [3.8, 4) is 0 Å². The summed E-state index contributed by atoms with van der Waals surface area (Å²) < 4.78 is 2.19. The lowest BCUT2D eigenvalue weighted by atomic mass is 10.0. The van der Waals surface area contributed by atoms with Crippen molar-refractivity contribution < 1.29 is 0 Å². The van der Waals surface area contributed by atoms with Gasteiger partial charge in [0.1, 0.15) is 0 Å². The maximum atomic E-state index is 4.62. The predicted molar refractivity (Wildman–Crippen MR) is 93.6 cm³/mol. The first-order valence-electron chi connectivity index (χ1n) is 7.80. The lowest BCUT2D eigenvalue weighted by Gasteiger charge is -2.15. The van der Waals surface area contributed by atoms with E-state index in [0.29, 0.717) is 5.92 Å². The van der Waals surface area contributed by atoms with E-state index in [1.807, 2.05) is 0 Å². The van der Waals surface area contributed by atoms with Crippen molar-refractivity contribution in [1.82, 2.24) is 14.7 Å². The summed E-state index contributed by atoms with van der Waals surface area (Å²) >= 11 is 1.68. The van der Waals surface area contributed by atoms with Gasteiger partial charge in [-0.2, -0.15) is 0 Å². The Morgan fingerprint density at radius 1 is 1.18 bits per heavy atom. The molecule has 0 radical (unpaired) electrons. The Bertz CT molecular complexity index is 752. The quantitative estimate of drug-likeness (QED) is 0.741. The number of aryl methyl sites for hydroxylation is 1. The molecule has 0 aliphatic carbocycles. The SMILES string of the molecule is Cc1nc2sccn2c1C(C)NCc1ccc(C(C)C)cc1. The molecule has 3 rings (SSSR count). The van der Waals surface area contributed by atoms with Crippen LogP contribution in [0.4, 0.5) is 0 Å². The summed E-state index contributed by atoms with van der Waals surface area (Å²) in [5.41, 5.74) is 5.08. The normalized spacial score (nSPS) is 13.1. The van der Waals surface area contributed by atoms with E-state index in [0.717, 1.165) is 17.2 Å². The third-order valence-electron chi connectivity index (χ3n) is 4.15. The monoisotopic (exact) mass is 313 g/mol. The van der Waals surface area contributed by atoms with Crippen LogP contribution in [0.5, 0.6) is 0 Å². The minimum absolute atomic E-state index is 0.273. The molecule has 22 heavy (non-hydrogen) atoms. The second-order valence-corrected chi connectivity index (χ2v) is 7.01. The maximum absolute atomic E-state index is 4.62. The number of rotatable bonds is 5. The van der Waals surface area contributed by atoms with Gasteiger partial charge >= 0.3 is 0 Å². The van der Waals surface area contributed by atoms with Gasteiger partial charge in [0.2, 0.25) is 0 Å². The zero-order valence-corrected chi connectivity index (χ0v) is 14.4. The lowest BCUT2D eigenvalue weighted by molar-refractivity contribution is 0.555. The predicted octanol–water partition coefficient (Wildman–Crippen LogP) is 4.68. The highest BCUT2D eigenvalue weighted by Crippen LogP contribution is 2.23. The van der Waals surface area contributed by atoms with Crippen LogP contribution in [-0.2, 0) is 6.54 Å². The Morgan fingerprint density at radius 2 is 1.91 bits per heavy atom. The van der Waals surface area contributed by atoms with Gasteiger partial charge < -0.3 is 5.32 Å². The van der Waals surface area contributed by atoms with Crippen LogP contribution in [0.3, 0.4) is 0 Å². The van der Waals surface area contributed by atoms with Crippen molar-refractivity contribution in [2.75, 3.05) is 0 Å². The van der Waals surface area contributed by atoms with Crippen LogP contribution < -0.4 is 5.32 Å². The molecule has 3 aromatic rings. The average Bonchev–Trinajstić information content (AvgIpc) is 3.05. The Hall–Kier alpha value is -1.65. The minimum atomic E-state index is 0.273. The Kier molecular flexibility index (Phi) is 4.32. The number of fused-ring (bicyclic) bond motifs is 1. The van der Waals surface area contributed by atoms with E-state index in [1.165, 1.54) is 16.8 Å². The van der Waals surface area contributed by atoms with Crippen LogP contribution >= 0.6 is 11.3 Å². The molecule has 0 aliphatic heterocycles. The van der Waals surface area contributed by atoms with Crippen molar-refractivity contribution in [2.45, 2.75) is 46.2 Å². The summed E-state index contributed by atoms with van der Waals surface area (Å²) in [7, 11) is 0. The molecule has 0 bridgehead atoms. The topological polar surface area (TPSA) is 29.3 Å². The third kappa shape index (κ3) is 2.94. The number of imidazole rings is 1. The van der Waals surface area contributed by atoms with Crippen molar-refractivity contribution in [1.29, 1.82) is 0 Å². The molecule has 0 spiro atoms. The average molecular weight is 313 g/mol. The zero-order chi connectivity index (χ0) is 15.7. The summed E-state index contributed by atoms with van der Waals surface area (Å²) in [6.45, 7) is 9.62. The van der Waals surface area contributed by atoms with E-state index in [1.54, 1.807) is 11.3 Å². The first kappa shape index (κ1) is 15.3. The summed E-state index contributed by atoms with van der Waals surface area (Å²) in [5, 5.41) is 5.70. The molecule has 0 saturated carbocycles. The van der Waals surface area contributed by atoms with E-state index < -0.39 is 0 Å². The molecule has 2 heterocycles. The summed E-state index contributed by atoms with van der Waals surface area (Å²) in [5.74, 6) is 0.585. The fraction of sp³-hybridized carbons (Fsp3) is 0.389. The number of benzene rings is 1. The molecule has 4 heteroatoms. The first-order chi connectivity index (χ1) is 10.6. The largest absolute Gasteiger partial charge is 0.305 e. The van der Waals surface area contributed by atoms with E-state index in [2.05, 4.69) is 78.2 Å². The lowest BCUT2D eigenvalue weighted by Crippen LogP contribution is -2.20.